The van der Waals surface area contributed by atoms with Gasteiger partial charge in [-0.1, -0.05) is 25.7 Å². The molecule has 3 aromatic rings. The summed E-state index contributed by atoms with van der Waals surface area (Å²) in [6.45, 7) is 3.02. The Morgan fingerprint density at radius 3 is 2.58 bits per heavy atom. The monoisotopic (exact) mass is 623 g/mol. The number of rotatable bonds is 7. The van der Waals surface area contributed by atoms with Crippen molar-refractivity contribution in [1.82, 2.24) is 19.8 Å². The molecule has 1 fully saturated rings. The van der Waals surface area contributed by atoms with E-state index in [0.717, 1.165) is 17.2 Å². The maximum absolute atomic E-state index is 15.1. The lowest BCUT2D eigenvalue weighted by molar-refractivity contribution is -0.139. The smallest absolute Gasteiger partial charge is 0.406 e. The van der Waals surface area contributed by atoms with Gasteiger partial charge in [-0.05, 0) is 37.4 Å². The number of methoxy groups -OCH3 is 1. The summed E-state index contributed by atoms with van der Waals surface area (Å²) in [7, 11) is -0.260. The largest absolute Gasteiger partial charge is 0.495 e. The Morgan fingerprint density at radius 1 is 1.23 bits per heavy atom. The average molecular weight is 624 g/mol. The number of carbonyl (C=O) groups is 1. The molecule has 1 aliphatic rings. The van der Waals surface area contributed by atoms with E-state index < -0.39 is 46.1 Å². The Hall–Kier alpha value is -3.83. The maximum Gasteiger partial charge on any atom is 0.406 e. The van der Waals surface area contributed by atoms with Gasteiger partial charge >= 0.3 is 6.18 Å². The summed E-state index contributed by atoms with van der Waals surface area (Å²) in [5, 5.41) is 5.73. The highest BCUT2D eigenvalue weighted by Gasteiger charge is 2.42. The highest BCUT2D eigenvalue weighted by molar-refractivity contribution is 7.90. The van der Waals surface area contributed by atoms with Gasteiger partial charge in [0.1, 0.15) is 24.0 Å². The molecule has 9 nitrogen and oxygen atoms in total. The average Bonchev–Trinajstić information content (AvgIpc) is 3.28. The number of halogens is 4. The number of sulfone groups is 1. The molecule has 1 aliphatic heterocycles. The molecule has 2 atom stereocenters. The van der Waals surface area contributed by atoms with Crippen LogP contribution in [0.1, 0.15) is 29.8 Å². The van der Waals surface area contributed by atoms with E-state index in [4.69, 9.17) is 4.74 Å². The fraction of sp³-hybridized carbons (Fsp3) is 0.448. The summed E-state index contributed by atoms with van der Waals surface area (Å²) in [5.41, 5.74) is 0.0490. The number of likely N-dealkylation sites (tertiary alicyclic amines) is 1. The summed E-state index contributed by atoms with van der Waals surface area (Å²) in [6, 6.07) is 6.30. The van der Waals surface area contributed by atoms with E-state index >= 15 is 4.39 Å². The molecular formula is C29H33F4N5O4S. The number of imidazole rings is 1. The number of ether oxygens (including phenoxy) is 1. The summed E-state index contributed by atoms with van der Waals surface area (Å²) >= 11 is 0. The molecule has 1 saturated heterocycles. The number of anilines is 1. The van der Waals surface area contributed by atoms with Crippen LogP contribution >= 0.6 is 0 Å². The molecule has 0 aliphatic carbocycles. The van der Waals surface area contributed by atoms with E-state index in [-0.39, 0.29) is 40.1 Å². The number of amides is 1. The lowest BCUT2D eigenvalue weighted by Crippen LogP contribution is -2.61. The number of alkyl halides is 4. The van der Waals surface area contributed by atoms with Gasteiger partial charge in [0.25, 0.3) is 5.91 Å². The SMILES string of the molecule is COc1ccc(S(C)(=O)=O)cc1NCC#Cc1cc(C(=O)N[C@H]2[C@H](F)CN(C)CC2(C)C)c2ncn(CC(F)(F)F)c2c1. The predicted octanol–water partition coefficient (Wildman–Crippen LogP) is 3.88. The number of piperidine rings is 1. The standard InChI is InChI=1S/C29H33F4N5O4S/c1-28(2)15-37(3)14-21(30)26(28)36-27(39)20-11-18(12-23-25(20)35-17-38(23)16-29(31,32)33)7-6-10-34-22-13-19(43(5,40)41)8-9-24(22)42-4/h8-9,11-13,17,21,26,34H,10,14-16H2,1-5H3,(H,36,39)/t21-,26+/m1/s1. The first kappa shape index (κ1) is 32.1. The van der Waals surface area contributed by atoms with Crippen LogP contribution < -0.4 is 15.4 Å². The molecule has 0 radical (unpaired) electrons. The van der Waals surface area contributed by atoms with Crippen LogP contribution in [0.4, 0.5) is 23.2 Å². The van der Waals surface area contributed by atoms with Crippen LogP contribution in [-0.2, 0) is 16.4 Å². The highest BCUT2D eigenvalue weighted by atomic mass is 32.2. The van der Waals surface area contributed by atoms with Gasteiger partial charge in [-0.25, -0.2) is 17.8 Å². The molecule has 1 aromatic heterocycles. The zero-order valence-electron chi connectivity index (χ0n) is 24.3. The van der Waals surface area contributed by atoms with Crippen LogP contribution in [-0.4, -0.2) is 87.2 Å². The van der Waals surface area contributed by atoms with Gasteiger partial charge in [0, 0.05) is 30.3 Å². The summed E-state index contributed by atoms with van der Waals surface area (Å²) in [5.74, 6) is 5.40. The van der Waals surface area contributed by atoms with E-state index in [1.165, 1.54) is 37.4 Å². The van der Waals surface area contributed by atoms with Gasteiger partial charge in [0.15, 0.2) is 9.84 Å². The lowest BCUT2D eigenvalue weighted by Gasteiger charge is -2.45. The first-order chi connectivity index (χ1) is 20.0. The Kier molecular flexibility index (Phi) is 8.99. The third-order valence-electron chi connectivity index (χ3n) is 7.17. The first-order valence-corrected chi connectivity index (χ1v) is 15.2. The molecule has 0 saturated carbocycles. The van der Waals surface area contributed by atoms with E-state index in [9.17, 15) is 26.4 Å². The number of hydrogen-bond donors (Lipinski definition) is 2. The van der Waals surface area contributed by atoms with Crippen molar-refractivity contribution in [2.75, 3.05) is 45.4 Å². The highest BCUT2D eigenvalue weighted by Crippen LogP contribution is 2.32. The number of aromatic nitrogens is 2. The van der Waals surface area contributed by atoms with Crippen molar-refractivity contribution in [1.29, 1.82) is 0 Å². The number of nitrogens with one attached hydrogen (secondary N) is 2. The van der Waals surface area contributed by atoms with Crippen LogP contribution in [0.2, 0.25) is 0 Å². The van der Waals surface area contributed by atoms with Crippen LogP contribution in [0.25, 0.3) is 11.0 Å². The van der Waals surface area contributed by atoms with Gasteiger partial charge in [-0.15, -0.1) is 0 Å². The quantitative estimate of drug-likeness (QED) is 0.304. The van der Waals surface area contributed by atoms with Crippen LogP contribution in [0.15, 0.2) is 41.6 Å². The normalized spacial score (nSPS) is 19.0. The second-order valence-electron chi connectivity index (χ2n) is 11.3. The van der Waals surface area contributed by atoms with Gasteiger partial charge < -0.3 is 24.8 Å². The Labute approximate surface area is 247 Å². The van der Waals surface area contributed by atoms with Crippen LogP contribution in [0.3, 0.4) is 0 Å². The second-order valence-corrected chi connectivity index (χ2v) is 13.3. The first-order valence-electron chi connectivity index (χ1n) is 13.3. The van der Waals surface area contributed by atoms with Crippen molar-refractivity contribution in [3.8, 4) is 17.6 Å². The molecule has 232 valence electrons. The number of hydrogen-bond acceptors (Lipinski definition) is 7. The van der Waals surface area contributed by atoms with Gasteiger partial charge in [0.05, 0.1) is 47.7 Å². The molecule has 43 heavy (non-hydrogen) atoms. The van der Waals surface area contributed by atoms with E-state index in [2.05, 4.69) is 27.5 Å². The topological polar surface area (TPSA) is 106 Å². The molecule has 2 N–H and O–H groups in total. The molecule has 0 unspecified atom stereocenters. The summed E-state index contributed by atoms with van der Waals surface area (Å²) in [4.78, 5) is 19.5. The minimum Gasteiger partial charge on any atom is -0.495 e. The lowest BCUT2D eigenvalue weighted by atomic mass is 9.78. The maximum atomic E-state index is 15.1. The number of fused-ring (bicyclic) bond motifs is 1. The molecule has 2 heterocycles. The minimum atomic E-state index is -4.54. The predicted molar refractivity (Wildman–Crippen MR) is 155 cm³/mol. The van der Waals surface area contributed by atoms with Gasteiger partial charge in [-0.2, -0.15) is 13.2 Å². The van der Waals surface area contributed by atoms with Crippen molar-refractivity contribution in [2.45, 2.75) is 43.7 Å². The number of nitrogens with zero attached hydrogens (tertiary/aromatic N) is 3. The molecule has 0 bridgehead atoms. The molecule has 2 aromatic carbocycles. The van der Waals surface area contributed by atoms with Crippen LogP contribution in [0.5, 0.6) is 5.75 Å². The zero-order chi connectivity index (χ0) is 31.7. The van der Waals surface area contributed by atoms with E-state index in [1.807, 2.05) is 18.7 Å². The number of benzene rings is 2. The van der Waals surface area contributed by atoms with E-state index in [1.54, 1.807) is 7.05 Å². The summed E-state index contributed by atoms with van der Waals surface area (Å²) < 4.78 is 85.0. The fourth-order valence-corrected chi connectivity index (χ4v) is 5.97. The molecular weight excluding hydrogens is 590 g/mol. The van der Waals surface area contributed by atoms with Crippen molar-refractivity contribution >= 4 is 32.5 Å². The third kappa shape index (κ3) is 7.58. The van der Waals surface area contributed by atoms with Crippen molar-refractivity contribution < 1.29 is 35.5 Å². The Bertz CT molecular complexity index is 1690. The van der Waals surface area contributed by atoms with Gasteiger partial charge in [-0.3, -0.25) is 4.79 Å². The zero-order valence-corrected chi connectivity index (χ0v) is 25.2. The third-order valence-corrected chi connectivity index (χ3v) is 8.28. The van der Waals surface area contributed by atoms with E-state index in [0.29, 0.717) is 18.0 Å². The van der Waals surface area contributed by atoms with Gasteiger partial charge in [0.2, 0.25) is 0 Å². The van der Waals surface area contributed by atoms with Crippen LogP contribution in [0, 0.1) is 17.3 Å². The molecule has 1 amide bonds. The second kappa shape index (κ2) is 12.0. The molecule has 14 heteroatoms. The molecule has 4 rings (SSSR count). The van der Waals surface area contributed by atoms with Crippen molar-refractivity contribution in [2.24, 2.45) is 5.41 Å². The fourth-order valence-electron chi connectivity index (χ4n) is 5.33. The Morgan fingerprint density at radius 2 is 1.95 bits per heavy atom. The Balaban J connectivity index is 1.67. The van der Waals surface area contributed by atoms with Crippen molar-refractivity contribution in [3.05, 3.63) is 47.8 Å². The van der Waals surface area contributed by atoms with Crippen molar-refractivity contribution in [3.63, 3.8) is 0 Å². The molecule has 0 spiro atoms. The summed E-state index contributed by atoms with van der Waals surface area (Å²) in [6.07, 6.45) is -3.82. The number of carbonyl (C=O) groups excluding carboxylic acids is 1. The minimum absolute atomic E-state index is 0.0122.